The highest BCUT2D eigenvalue weighted by molar-refractivity contribution is 7.53. The van der Waals surface area contributed by atoms with E-state index in [0.717, 1.165) is 0 Å². The summed E-state index contributed by atoms with van der Waals surface area (Å²) in [5.74, 6) is -2.77. The highest BCUT2D eigenvalue weighted by Gasteiger charge is 2.38. The summed E-state index contributed by atoms with van der Waals surface area (Å²) in [5.41, 5.74) is -3.24. The Bertz CT molecular complexity index is 390. The zero-order valence-corrected chi connectivity index (χ0v) is 11.4. The number of carboxylic acid groups (broad SMARTS) is 1. The van der Waals surface area contributed by atoms with Crippen LogP contribution in [0.4, 0.5) is 0 Å². The topological polar surface area (TPSA) is 164 Å². The zero-order chi connectivity index (χ0) is 15.4. The number of aliphatic hydroxyl groups is 2. The van der Waals surface area contributed by atoms with Gasteiger partial charge in [-0.05, 0) is 0 Å². The molecule has 1 unspecified atom stereocenters. The highest BCUT2D eigenvalue weighted by Crippen LogP contribution is 2.40. The van der Waals surface area contributed by atoms with Crippen LogP contribution in [0.15, 0.2) is 0 Å². The lowest BCUT2D eigenvalue weighted by atomic mass is 9.87. The largest absolute Gasteiger partial charge is 0.481 e. The van der Waals surface area contributed by atoms with E-state index >= 15 is 0 Å². The summed E-state index contributed by atoms with van der Waals surface area (Å²) >= 11 is 0. The fourth-order valence-electron chi connectivity index (χ4n) is 1.09. The number of amides is 1. The first-order valence-electron chi connectivity index (χ1n) is 5.28. The van der Waals surface area contributed by atoms with Crippen LogP contribution in [0.3, 0.4) is 0 Å². The fourth-order valence-corrected chi connectivity index (χ4v) is 1.70. The Kier molecular flexibility index (Phi) is 6.11. The molecule has 0 fully saturated rings. The van der Waals surface area contributed by atoms with Gasteiger partial charge >= 0.3 is 13.6 Å². The molecule has 0 spiro atoms. The van der Waals surface area contributed by atoms with Gasteiger partial charge in [0.2, 0.25) is 5.91 Å². The second-order valence-corrected chi connectivity index (χ2v) is 6.54. The summed E-state index contributed by atoms with van der Waals surface area (Å²) in [5, 5.41) is 29.1. The molecule has 0 aromatic rings. The number of carbonyl (C=O) groups excluding carboxylic acids is 1. The van der Waals surface area contributed by atoms with E-state index in [9.17, 15) is 19.3 Å². The van der Waals surface area contributed by atoms with Crippen molar-refractivity contribution in [1.29, 1.82) is 0 Å². The normalized spacial score (nSPS) is 15.7. The van der Waals surface area contributed by atoms with Crippen LogP contribution in [0.25, 0.3) is 0 Å². The molecule has 0 radical (unpaired) electrons. The molecule has 112 valence electrons. The molecule has 0 aliphatic rings. The summed E-state index contributed by atoms with van der Waals surface area (Å²) in [7, 11) is -4.91. The minimum atomic E-state index is -4.91. The molecule has 0 bridgehead atoms. The van der Waals surface area contributed by atoms with Crippen molar-refractivity contribution in [3.05, 3.63) is 0 Å². The van der Waals surface area contributed by atoms with E-state index in [1.165, 1.54) is 13.8 Å². The van der Waals surface area contributed by atoms with Crippen LogP contribution in [0.1, 0.15) is 13.8 Å². The monoisotopic (exact) mass is 299 g/mol. The number of aliphatic hydroxyl groups excluding tert-OH is 2. The Balaban J connectivity index is 4.68. The highest BCUT2D eigenvalue weighted by atomic mass is 31.2. The summed E-state index contributed by atoms with van der Waals surface area (Å²) in [6.07, 6.45) is -1.64. The van der Waals surface area contributed by atoms with Gasteiger partial charge in [-0.2, -0.15) is 0 Å². The third-order valence-electron chi connectivity index (χ3n) is 2.56. The molecule has 9 nitrogen and oxygen atoms in total. The Labute approximate surface area is 109 Å². The van der Waals surface area contributed by atoms with Crippen LogP contribution in [-0.2, 0) is 14.2 Å². The van der Waals surface area contributed by atoms with E-state index in [-0.39, 0.29) is 0 Å². The summed E-state index contributed by atoms with van der Waals surface area (Å²) < 4.78 is 10.9. The average molecular weight is 299 g/mol. The predicted molar refractivity (Wildman–Crippen MR) is 63.4 cm³/mol. The van der Waals surface area contributed by atoms with Crippen LogP contribution >= 0.6 is 7.60 Å². The lowest BCUT2D eigenvalue weighted by Gasteiger charge is -2.27. The molecular formula is C9H18NO8P. The number of nitrogens with one attached hydrogen (secondary N) is 1. The molecule has 0 aliphatic carbocycles. The fraction of sp³-hybridized carbons (Fsp3) is 0.778. The molecule has 0 aromatic carbocycles. The number of rotatable bonds is 7. The van der Waals surface area contributed by atoms with E-state index in [0.29, 0.717) is 0 Å². The van der Waals surface area contributed by atoms with E-state index in [2.05, 4.69) is 0 Å². The number of hydrogen-bond donors (Lipinski definition) is 6. The Hall–Kier alpha value is -0.990. The van der Waals surface area contributed by atoms with Crippen LogP contribution in [0.2, 0.25) is 0 Å². The SMILES string of the molecule is CC(C)(CO)[C@@H](O)C(=O)NCC(C(=O)O)P(=O)(O)O. The first-order chi connectivity index (χ1) is 8.43. The Morgan fingerprint density at radius 1 is 1.32 bits per heavy atom. The number of carbonyl (C=O) groups is 2. The van der Waals surface area contributed by atoms with Crippen LogP contribution in [0, 0.1) is 5.41 Å². The minimum absolute atomic E-state index is 0.498. The Morgan fingerprint density at radius 2 is 1.79 bits per heavy atom. The van der Waals surface area contributed by atoms with Gasteiger partial charge in [0.15, 0.2) is 5.66 Å². The van der Waals surface area contributed by atoms with Gasteiger partial charge in [-0.25, -0.2) is 0 Å². The van der Waals surface area contributed by atoms with Crippen LogP contribution in [0.5, 0.6) is 0 Å². The third kappa shape index (κ3) is 5.25. The van der Waals surface area contributed by atoms with Crippen LogP contribution in [-0.4, -0.2) is 61.9 Å². The molecule has 6 N–H and O–H groups in total. The number of aliphatic carboxylic acids is 1. The van der Waals surface area contributed by atoms with Gasteiger partial charge in [-0.1, -0.05) is 13.8 Å². The maximum absolute atomic E-state index is 11.5. The van der Waals surface area contributed by atoms with Crippen molar-refractivity contribution in [2.45, 2.75) is 25.6 Å². The van der Waals surface area contributed by atoms with Gasteiger partial charge in [0, 0.05) is 12.0 Å². The van der Waals surface area contributed by atoms with Crippen molar-refractivity contribution < 1.29 is 39.3 Å². The lowest BCUT2D eigenvalue weighted by Crippen LogP contribution is -2.48. The molecule has 0 rings (SSSR count). The van der Waals surface area contributed by atoms with E-state index in [1.807, 2.05) is 5.32 Å². The second-order valence-electron chi connectivity index (χ2n) is 4.74. The standard InChI is InChI=1S/C9H18NO8P/c1-9(2,4-11)6(12)7(13)10-3-5(8(14)15)19(16,17)18/h5-6,11-12H,3-4H2,1-2H3,(H,10,13)(H,14,15)(H2,16,17,18)/t5?,6-/m0/s1. The van der Waals surface area contributed by atoms with Gasteiger partial charge in [0.25, 0.3) is 0 Å². The maximum Gasteiger partial charge on any atom is 0.341 e. The van der Waals surface area contributed by atoms with Crippen molar-refractivity contribution in [2.24, 2.45) is 5.41 Å². The molecule has 0 saturated heterocycles. The van der Waals surface area contributed by atoms with Crippen molar-refractivity contribution in [3.8, 4) is 0 Å². The number of hydrogen-bond acceptors (Lipinski definition) is 5. The summed E-state index contributed by atoms with van der Waals surface area (Å²) in [6.45, 7) is 1.48. The Morgan fingerprint density at radius 3 is 2.11 bits per heavy atom. The van der Waals surface area contributed by atoms with Crippen LogP contribution < -0.4 is 5.32 Å². The average Bonchev–Trinajstić information content (AvgIpc) is 2.25. The summed E-state index contributed by atoms with van der Waals surface area (Å²) in [4.78, 5) is 39.7. The predicted octanol–water partition coefficient (Wildman–Crippen LogP) is -1.89. The quantitative estimate of drug-likeness (QED) is 0.297. The van der Waals surface area contributed by atoms with Crippen molar-refractivity contribution in [1.82, 2.24) is 5.32 Å². The second kappa shape index (κ2) is 6.44. The van der Waals surface area contributed by atoms with Gasteiger partial charge in [-0.15, -0.1) is 0 Å². The van der Waals surface area contributed by atoms with Gasteiger partial charge in [0.1, 0.15) is 6.10 Å². The summed E-state index contributed by atoms with van der Waals surface area (Å²) in [6, 6.07) is 0. The minimum Gasteiger partial charge on any atom is -0.481 e. The first-order valence-corrected chi connectivity index (χ1v) is 6.96. The molecular weight excluding hydrogens is 281 g/mol. The van der Waals surface area contributed by atoms with Crippen molar-refractivity contribution >= 4 is 19.5 Å². The molecule has 0 aromatic heterocycles. The number of carboxylic acids is 1. The molecule has 19 heavy (non-hydrogen) atoms. The molecule has 1 amide bonds. The van der Waals surface area contributed by atoms with Crippen molar-refractivity contribution in [3.63, 3.8) is 0 Å². The third-order valence-corrected chi connectivity index (χ3v) is 3.77. The molecule has 0 heterocycles. The van der Waals surface area contributed by atoms with Gasteiger partial charge < -0.3 is 30.4 Å². The van der Waals surface area contributed by atoms with E-state index in [1.54, 1.807) is 0 Å². The maximum atomic E-state index is 11.5. The van der Waals surface area contributed by atoms with E-state index < -0.39 is 49.8 Å². The molecule has 2 atom stereocenters. The van der Waals surface area contributed by atoms with E-state index in [4.69, 9.17) is 20.0 Å². The van der Waals surface area contributed by atoms with Gasteiger partial charge in [0.05, 0.1) is 6.61 Å². The lowest BCUT2D eigenvalue weighted by molar-refractivity contribution is -0.138. The molecule has 0 aliphatic heterocycles. The smallest absolute Gasteiger partial charge is 0.341 e. The van der Waals surface area contributed by atoms with Gasteiger partial charge in [-0.3, -0.25) is 14.2 Å². The molecule has 0 saturated carbocycles. The first kappa shape index (κ1) is 18.0. The zero-order valence-electron chi connectivity index (χ0n) is 10.5. The van der Waals surface area contributed by atoms with Crippen molar-refractivity contribution in [2.75, 3.05) is 13.2 Å². The molecule has 10 heteroatoms.